The van der Waals surface area contributed by atoms with E-state index in [1.165, 1.54) is 5.56 Å². The van der Waals surface area contributed by atoms with Gasteiger partial charge in [0.25, 0.3) is 0 Å². The van der Waals surface area contributed by atoms with E-state index in [-0.39, 0.29) is 6.04 Å². The molecule has 21 heavy (non-hydrogen) atoms. The third kappa shape index (κ3) is 4.73. The van der Waals surface area contributed by atoms with Crippen molar-refractivity contribution >= 4 is 0 Å². The number of benzene rings is 1. The predicted molar refractivity (Wildman–Crippen MR) is 85.1 cm³/mol. The third-order valence-corrected chi connectivity index (χ3v) is 3.60. The maximum atomic E-state index is 10.2. The SMILES string of the molecule is CC(C)Cc1ccc(C(O)CN[C@H](C)c2ccco2)cc1. The first-order valence-corrected chi connectivity index (χ1v) is 7.60. The molecule has 0 radical (unpaired) electrons. The molecule has 2 rings (SSSR count). The van der Waals surface area contributed by atoms with Crippen LogP contribution in [0.1, 0.15) is 49.8 Å². The quantitative estimate of drug-likeness (QED) is 0.812. The summed E-state index contributed by atoms with van der Waals surface area (Å²) >= 11 is 0. The summed E-state index contributed by atoms with van der Waals surface area (Å²) in [6.07, 6.45) is 2.23. The summed E-state index contributed by atoms with van der Waals surface area (Å²) in [6, 6.07) is 12.1. The van der Waals surface area contributed by atoms with Gasteiger partial charge in [-0.1, -0.05) is 38.1 Å². The zero-order valence-corrected chi connectivity index (χ0v) is 13.0. The maximum absolute atomic E-state index is 10.2. The normalized spacial score (nSPS) is 14.3. The molecule has 3 heteroatoms. The van der Waals surface area contributed by atoms with Gasteiger partial charge in [-0.2, -0.15) is 0 Å². The van der Waals surface area contributed by atoms with Crippen molar-refractivity contribution in [1.29, 1.82) is 0 Å². The number of furan rings is 1. The van der Waals surface area contributed by atoms with E-state index in [1.807, 2.05) is 31.2 Å². The van der Waals surface area contributed by atoms with Crippen LogP contribution >= 0.6 is 0 Å². The monoisotopic (exact) mass is 287 g/mol. The van der Waals surface area contributed by atoms with E-state index < -0.39 is 6.10 Å². The summed E-state index contributed by atoms with van der Waals surface area (Å²) in [5.74, 6) is 1.53. The summed E-state index contributed by atoms with van der Waals surface area (Å²) in [7, 11) is 0. The lowest BCUT2D eigenvalue weighted by atomic mass is 10.00. The number of rotatable bonds is 7. The third-order valence-electron chi connectivity index (χ3n) is 3.60. The number of hydrogen-bond acceptors (Lipinski definition) is 3. The van der Waals surface area contributed by atoms with Crippen molar-refractivity contribution in [2.24, 2.45) is 5.92 Å². The smallest absolute Gasteiger partial charge is 0.120 e. The van der Waals surface area contributed by atoms with Gasteiger partial charge in [0.05, 0.1) is 18.4 Å². The van der Waals surface area contributed by atoms with Crippen LogP contribution in [0.5, 0.6) is 0 Å². The van der Waals surface area contributed by atoms with Gasteiger partial charge in [-0.25, -0.2) is 0 Å². The molecule has 0 aliphatic heterocycles. The van der Waals surface area contributed by atoms with Crippen LogP contribution < -0.4 is 5.32 Å². The Hall–Kier alpha value is -1.58. The highest BCUT2D eigenvalue weighted by atomic mass is 16.3. The van der Waals surface area contributed by atoms with Gasteiger partial charge in [0.15, 0.2) is 0 Å². The Morgan fingerprint density at radius 1 is 1.10 bits per heavy atom. The Kier molecular flexibility index (Phi) is 5.59. The van der Waals surface area contributed by atoms with E-state index in [9.17, 15) is 5.11 Å². The zero-order chi connectivity index (χ0) is 15.2. The fraction of sp³-hybridized carbons (Fsp3) is 0.444. The molecule has 0 bridgehead atoms. The number of hydrogen-bond donors (Lipinski definition) is 2. The Balaban J connectivity index is 1.86. The van der Waals surface area contributed by atoms with Gasteiger partial charge in [-0.15, -0.1) is 0 Å². The first kappa shape index (κ1) is 15.8. The first-order valence-electron chi connectivity index (χ1n) is 7.60. The molecular formula is C18H25NO2. The van der Waals surface area contributed by atoms with Crippen LogP contribution in [0.15, 0.2) is 47.1 Å². The molecule has 1 aromatic carbocycles. The second kappa shape index (κ2) is 7.43. The Labute approximate surface area is 127 Å². The summed E-state index contributed by atoms with van der Waals surface area (Å²) in [6.45, 7) is 6.95. The van der Waals surface area contributed by atoms with Crippen LogP contribution in [0.25, 0.3) is 0 Å². The first-order chi connectivity index (χ1) is 10.1. The highest BCUT2D eigenvalue weighted by Crippen LogP contribution is 2.17. The van der Waals surface area contributed by atoms with Crippen molar-refractivity contribution in [2.45, 2.75) is 39.3 Å². The van der Waals surface area contributed by atoms with Gasteiger partial charge >= 0.3 is 0 Å². The van der Waals surface area contributed by atoms with E-state index in [4.69, 9.17) is 4.42 Å². The molecule has 3 nitrogen and oxygen atoms in total. The van der Waals surface area contributed by atoms with E-state index >= 15 is 0 Å². The molecule has 0 saturated heterocycles. The molecule has 1 heterocycles. The topological polar surface area (TPSA) is 45.4 Å². The molecule has 1 unspecified atom stereocenters. The molecule has 2 atom stereocenters. The number of nitrogens with one attached hydrogen (secondary N) is 1. The summed E-state index contributed by atoms with van der Waals surface area (Å²) in [5.41, 5.74) is 2.26. The largest absolute Gasteiger partial charge is 0.468 e. The van der Waals surface area contributed by atoms with E-state index in [0.717, 1.165) is 17.7 Å². The van der Waals surface area contributed by atoms with Gasteiger partial charge in [0.1, 0.15) is 5.76 Å². The van der Waals surface area contributed by atoms with Crippen molar-refractivity contribution in [3.05, 3.63) is 59.5 Å². The fourth-order valence-corrected chi connectivity index (χ4v) is 2.39. The maximum Gasteiger partial charge on any atom is 0.120 e. The fourth-order valence-electron chi connectivity index (χ4n) is 2.39. The van der Waals surface area contributed by atoms with Gasteiger partial charge in [-0.3, -0.25) is 0 Å². The minimum absolute atomic E-state index is 0.0925. The molecule has 114 valence electrons. The van der Waals surface area contributed by atoms with Gasteiger partial charge in [0, 0.05) is 6.54 Å². The molecule has 0 amide bonds. The number of aliphatic hydroxyl groups excluding tert-OH is 1. The van der Waals surface area contributed by atoms with Crippen LogP contribution in [0.2, 0.25) is 0 Å². The standard InChI is InChI=1S/C18H25NO2/c1-13(2)11-15-6-8-16(9-7-15)17(20)12-19-14(3)18-5-4-10-21-18/h4-10,13-14,17,19-20H,11-12H2,1-3H3/t14-,17?/m1/s1. The van der Waals surface area contributed by atoms with Crippen LogP contribution in [-0.2, 0) is 6.42 Å². The van der Waals surface area contributed by atoms with Gasteiger partial charge in [-0.05, 0) is 42.5 Å². The van der Waals surface area contributed by atoms with Crippen molar-refractivity contribution in [3.63, 3.8) is 0 Å². The lowest BCUT2D eigenvalue weighted by Crippen LogP contribution is -2.24. The van der Waals surface area contributed by atoms with E-state index in [0.29, 0.717) is 12.5 Å². The molecule has 0 saturated carbocycles. The van der Waals surface area contributed by atoms with Gasteiger partial charge in [0.2, 0.25) is 0 Å². The summed E-state index contributed by atoms with van der Waals surface area (Å²) < 4.78 is 5.34. The second-order valence-electron chi connectivity index (χ2n) is 6.00. The molecule has 2 aromatic rings. The molecule has 0 aliphatic rings. The van der Waals surface area contributed by atoms with Crippen molar-refractivity contribution < 1.29 is 9.52 Å². The second-order valence-corrected chi connectivity index (χ2v) is 6.00. The van der Waals surface area contributed by atoms with Crippen molar-refractivity contribution in [2.75, 3.05) is 6.54 Å². The predicted octanol–water partition coefficient (Wildman–Crippen LogP) is 3.86. The lowest BCUT2D eigenvalue weighted by Gasteiger charge is -2.16. The molecule has 0 spiro atoms. The minimum Gasteiger partial charge on any atom is -0.468 e. The summed E-state index contributed by atoms with van der Waals surface area (Å²) in [5, 5.41) is 13.5. The molecule has 1 aromatic heterocycles. The highest BCUT2D eigenvalue weighted by molar-refractivity contribution is 5.24. The average molecular weight is 287 g/mol. The zero-order valence-electron chi connectivity index (χ0n) is 13.0. The van der Waals surface area contributed by atoms with Crippen LogP contribution in [0.4, 0.5) is 0 Å². The van der Waals surface area contributed by atoms with E-state index in [2.05, 4.69) is 31.3 Å². The minimum atomic E-state index is -0.504. The summed E-state index contributed by atoms with van der Waals surface area (Å²) in [4.78, 5) is 0. The molecule has 2 N–H and O–H groups in total. The van der Waals surface area contributed by atoms with Crippen LogP contribution in [0, 0.1) is 5.92 Å². The highest BCUT2D eigenvalue weighted by Gasteiger charge is 2.12. The van der Waals surface area contributed by atoms with Gasteiger partial charge < -0.3 is 14.8 Å². The van der Waals surface area contributed by atoms with Crippen molar-refractivity contribution in [3.8, 4) is 0 Å². The lowest BCUT2D eigenvalue weighted by molar-refractivity contribution is 0.169. The van der Waals surface area contributed by atoms with Crippen LogP contribution in [-0.4, -0.2) is 11.7 Å². The average Bonchev–Trinajstić information content (AvgIpc) is 2.99. The molecule has 0 fully saturated rings. The molecule has 0 aliphatic carbocycles. The van der Waals surface area contributed by atoms with E-state index in [1.54, 1.807) is 6.26 Å². The van der Waals surface area contributed by atoms with Crippen LogP contribution in [0.3, 0.4) is 0 Å². The van der Waals surface area contributed by atoms with Crippen molar-refractivity contribution in [1.82, 2.24) is 5.32 Å². The molecular weight excluding hydrogens is 262 g/mol. The Morgan fingerprint density at radius 2 is 1.81 bits per heavy atom. The number of aliphatic hydroxyl groups is 1. The Morgan fingerprint density at radius 3 is 2.38 bits per heavy atom. The Bertz CT molecular complexity index is 517.